The molecule has 1 aromatic rings. The van der Waals surface area contributed by atoms with Crippen LogP contribution in [-0.4, -0.2) is 85.5 Å². The fourth-order valence-electron chi connectivity index (χ4n) is 3.22. The summed E-state index contributed by atoms with van der Waals surface area (Å²) in [6, 6.07) is 0.646. The largest absolute Gasteiger partial charge is 0.379 e. The second-order valence-electron chi connectivity index (χ2n) is 6.01. The number of hydrogen-bond donors (Lipinski definition) is 1. The van der Waals surface area contributed by atoms with E-state index >= 15 is 0 Å². The Balaban J connectivity index is 1.35. The van der Waals surface area contributed by atoms with Gasteiger partial charge in [-0.05, 0) is 12.8 Å². The molecule has 2 fully saturated rings. The highest BCUT2D eigenvalue weighted by Gasteiger charge is 2.30. The maximum absolute atomic E-state index is 5.46. The van der Waals surface area contributed by atoms with Crippen molar-refractivity contribution < 1.29 is 4.74 Å². The summed E-state index contributed by atoms with van der Waals surface area (Å²) in [5.41, 5.74) is 0. The minimum Gasteiger partial charge on any atom is -0.379 e. The van der Waals surface area contributed by atoms with Gasteiger partial charge in [-0.1, -0.05) is 11.8 Å². The molecule has 0 bridgehead atoms. The van der Waals surface area contributed by atoms with Crippen molar-refractivity contribution in [2.24, 2.45) is 4.99 Å². The van der Waals surface area contributed by atoms with E-state index in [0.717, 1.165) is 68.4 Å². The van der Waals surface area contributed by atoms with Crippen LogP contribution in [0.3, 0.4) is 0 Å². The second kappa shape index (κ2) is 9.60. The average molecular weight is 370 g/mol. The van der Waals surface area contributed by atoms with E-state index in [1.54, 1.807) is 11.3 Å². The molecular formula is C16H27N5OS2. The molecule has 2 aliphatic heterocycles. The van der Waals surface area contributed by atoms with E-state index in [-0.39, 0.29) is 0 Å². The standard InChI is InChI=1S/C16H27N5OS2/c1-17-15(18-4-2-11-23-16-19-5-12-24-16)21-6-3-14(13-21)20-7-9-22-10-8-20/h5,12,14H,2-4,6-11,13H2,1H3,(H,17,18). The Morgan fingerprint density at radius 1 is 1.46 bits per heavy atom. The number of thiazole rings is 1. The third-order valence-corrected chi connectivity index (χ3v) is 6.53. The summed E-state index contributed by atoms with van der Waals surface area (Å²) in [5.74, 6) is 2.14. The molecule has 0 radical (unpaired) electrons. The van der Waals surface area contributed by atoms with Gasteiger partial charge < -0.3 is 15.0 Å². The fraction of sp³-hybridized carbons (Fsp3) is 0.750. The normalized spacial score (nSPS) is 23.0. The number of hydrogen-bond acceptors (Lipinski definition) is 6. The van der Waals surface area contributed by atoms with Crippen LogP contribution in [0.4, 0.5) is 0 Å². The first-order valence-corrected chi connectivity index (χ1v) is 10.5. The topological polar surface area (TPSA) is 53.0 Å². The highest BCUT2D eigenvalue weighted by atomic mass is 32.2. The molecule has 3 rings (SSSR count). The maximum atomic E-state index is 5.46. The van der Waals surface area contributed by atoms with E-state index in [1.807, 2.05) is 30.4 Å². The molecule has 1 atom stereocenters. The molecule has 24 heavy (non-hydrogen) atoms. The summed E-state index contributed by atoms with van der Waals surface area (Å²) in [6.07, 6.45) is 4.20. The Morgan fingerprint density at radius 3 is 3.08 bits per heavy atom. The number of ether oxygens (including phenoxy) is 1. The number of nitrogens with one attached hydrogen (secondary N) is 1. The van der Waals surface area contributed by atoms with Gasteiger partial charge in [-0.25, -0.2) is 4.98 Å². The highest BCUT2D eigenvalue weighted by molar-refractivity contribution is 8.00. The molecule has 1 unspecified atom stereocenters. The van der Waals surface area contributed by atoms with Gasteiger partial charge in [-0.15, -0.1) is 11.3 Å². The lowest BCUT2D eigenvalue weighted by molar-refractivity contribution is 0.0195. The first-order chi connectivity index (χ1) is 11.9. The van der Waals surface area contributed by atoms with Crippen molar-refractivity contribution >= 4 is 29.1 Å². The van der Waals surface area contributed by atoms with Gasteiger partial charge in [0.2, 0.25) is 0 Å². The molecule has 1 N–H and O–H groups in total. The van der Waals surface area contributed by atoms with Gasteiger partial charge in [-0.3, -0.25) is 9.89 Å². The Kier molecular flexibility index (Phi) is 7.19. The Bertz CT molecular complexity index is 505. The lowest BCUT2D eigenvalue weighted by Crippen LogP contribution is -2.46. The van der Waals surface area contributed by atoms with Crippen LogP contribution >= 0.6 is 23.1 Å². The van der Waals surface area contributed by atoms with Crippen LogP contribution in [0.2, 0.25) is 0 Å². The molecular weight excluding hydrogens is 342 g/mol. The number of aliphatic imine (C=N–C) groups is 1. The molecule has 1 aromatic heterocycles. The predicted octanol–water partition coefficient (Wildman–Crippen LogP) is 1.61. The van der Waals surface area contributed by atoms with Crippen molar-refractivity contribution in [1.82, 2.24) is 20.1 Å². The van der Waals surface area contributed by atoms with Crippen molar-refractivity contribution in [3.63, 3.8) is 0 Å². The number of guanidine groups is 1. The lowest BCUT2D eigenvalue weighted by Gasteiger charge is -2.32. The fourth-order valence-corrected chi connectivity index (χ4v) is 4.87. The molecule has 6 nitrogen and oxygen atoms in total. The molecule has 8 heteroatoms. The molecule has 134 valence electrons. The number of thioether (sulfide) groups is 1. The summed E-state index contributed by atoms with van der Waals surface area (Å²) in [7, 11) is 1.88. The molecule has 0 aliphatic carbocycles. The third kappa shape index (κ3) is 5.08. The molecule has 3 heterocycles. The zero-order valence-electron chi connectivity index (χ0n) is 14.3. The van der Waals surface area contributed by atoms with Gasteiger partial charge in [0.05, 0.1) is 13.2 Å². The molecule has 0 saturated carbocycles. The van der Waals surface area contributed by atoms with E-state index in [4.69, 9.17) is 4.74 Å². The summed E-state index contributed by atoms with van der Waals surface area (Å²) < 4.78 is 6.62. The van der Waals surface area contributed by atoms with E-state index in [9.17, 15) is 0 Å². The van der Waals surface area contributed by atoms with Crippen molar-refractivity contribution in [3.05, 3.63) is 11.6 Å². The number of likely N-dealkylation sites (tertiary alicyclic amines) is 1. The third-order valence-electron chi connectivity index (χ3n) is 4.48. The van der Waals surface area contributed by atoms with Crippen LogP contribution in [0, 0.1) is 0 Å². The quantitative estimate of drug-likeness (QED) is 0.356. The van der Waals surface area contributed by atoms with E-state index in [0.29, 0.717) is 6.04 Å². The van der Waals surface area contributed by atoms with Crippen LogP contribution in [0.1, 0.15) is 12.8 Å². The van der Waals surface area contributed by atoms with Gasteiger partial charge >= 0.3 is 0 Å². The zero-order chi connectivity index (χ0) is 16.6. The van der Waals surface area contributed by atoms with E-state index in [2.05, 4.69) is 25.1 Å². The van der Waals surface area contributed by atoms with Crippen LogP contribution in [0.25, 0.3) is 0 Å². The van der Waals surface area contributed by atoms with Crippen molar-refractivity contribution in [2.75, 3.05) is 58.7 Å². The SMILES string of the molecule is CN=C(NCCCSc1nccs1)N1CCC(N2CCOCC2)C1. The zero-order valence-corrected chi connectivity index (χ0v) is 15.9. The van der Waals surface area contributed by atoms with Crippen LogP contribution in [0.15, 0.2) is 20.9 Å². The van der Waals surface area contributed by atoms with Crippen LogP contribution in [-0.2, 0) is 4.74 Å². The van der Waals surface area contributed by atoms with E-state index < -0.39 is 0 Å². The van der Waals surface area contributed by atoms with Gasteiger partial charge in [0.25, 0.3) is 0 Å². The summed E-state index contributed by atoms with van der Waals surface area (Å²) in [6.45, 7) is 7.02. The number of aromatic nitrogens is 1. The Morgan fingerprint density at radius 2 is 2.33 bits per heavy atom. The molecule has 2 saturated heterocycles. The smallest absolute Gasteiger partial charge is 0.193 e. The van der Waals surface area contributed by atoms with Crippen LogP contribution < -0.4 is 5.32 Å². The Hall–Kier alpha value is -0.830. The maximum Gasteiger partial charge on any atom is 0.193 e. The van der Waals surface area contributed by atoms with Gasteiger partial charge in [0.1, 0.15) is 4.34 Å². The van der Waals surface area contributed by atoms with Crippen molar-refractivity contribution in [1.29, 1.82) is 0 Å². The molecule has 0 amide bonds. The van der Waals surface area contributed by atoms with Gasteiger partial charge in [-0.2, -0.15) is 0 Å². The molecule has 0 spiro atoms. The second-order valence-corrected chi connectivity index (χ2v) is 8.25. The number of morpholine rings is 1. The van der Waals surface area contributed by atoms with Crippen molar-refractivity contribution in [2.45, 2.75) is 23.2 Å². The molecule has 0 aromatic carbocycles. The molecule has 2 aliphatic rings. The lowest BCUT2D eigenvalue weighted by atomic mass is 10.2. The van der Waals surface area contributed by atoms with E-state index in [1.165, 1.54) is 6.42 Å². The summed E-state index contributed by atoms with van der Waals surface area (Å²) >= 11 is 3.55. The minimum absolute atomic E-state index is 0.646. The van der Waals surface area contributed by atoms with Crippen molar-refractivity contribution in [3.8, 4) is 0 Å². The average Bonchev–Trinajstić information content (AvgIpc) is 3.31. The monoisotopic (exact) mass is 369 g/mol. The minimum atomic E-state index is 0.646. The summed E-state index contributed by atoms with van der Waals surface area (Å²) in [4.78, 5) is 13.7. The Labute approximate surface area is 152 Å². The van der Waals surface area contributed by atoms with Gasteiger partial charge in [0, 0.05) is 63.1 Å². The van der Waals surface area contributed by atoms with Gasteiger partial charge in [0.15, 0.2) is 5.96 Å². The summed E-state index contributed by atoms with van der Waals surface area (Å²) in [5, 5.41) is 5.55. The highest BCUT2D eigenvalue weighted by Crippen LogP contribution is 2.20. The number of nitrogens with zero attached hydrogens (tertiary/aromatic N) is 4. The number of rotatable bonds is 6. The predicted molar refractivity (Wildman–Crippen MR) is 101 cm³/mol. The first-order valence-electron chi connectivity index (χ1n) is 8.66. The first kappa shape index (κ1) is 18.0. The van der Waals surface area contributed by atoms with Crippen LogP contribution in [0.5, 0.6) is 0 Å².